The number of methoxy groups -OCH3 is 2. The summed E-state index contributed by atoms with van der Waals surface area (Å²) in [6.45, 7) is 0. The molecule has 0 saturated heterocycles. The number of benzene rings is 1. The van der Waals surface area contributed by atoms with Gasteiger partial charge in [0, 0.05) is 17.0 Å². The number of alkyl halides is 1. The average molecular weight is 256 g/mol. The van der Waals surface area contributed by atoms with Crippen molar-refractivity contribution in [2.75, 3.05) is 14.2 Å². The van der Waals surface area contributed by atoms with Gasteiger partial charge in [-0.05, 0) is 6.07 Å². The molecular weight excluding hydrogens is 246 g/mol. The van der Waals surface area contributed by atoms with Crippen LogP contribution in [0.2, 0.25) is 0 Å². The van der Waals surface area contributed by atoms with E-state index in [1.54, 1.807) is 26.4 Å². The molecule has 1 aromatic carbocycles. The summed E-state index contributed by atoms with van der Waals surface area (Å²) >= 11 is 3.34. The van der Waals surface area contributed by atoms with Gasteiger partial charge in [-0.3, -0.25) is 0 Å². The standard InChI is InChI=1S/C10H10BrNO2/c1-13-9-4-8(6-12)10(14-2)3-7(9)5-11/h3-4H,5H2,1-2H3. The van der Waals surface area contributed by atoms with Gasteiger partial charge < -0.3 is 9.47 Å². The molecule has 3 nitrogen and oxygen atoms in total. The summed E-state index contributed by atoms with van der Waals surface area (Å²) in [5, 5.41) is 9.50. The van der Waals surface area contributed by atoms with Crippen molar-refractivity contribution in [3.05, 3.63) is 23.3 Å². The largest absolute Gasteiger partial charge is 0.496 e. The molecule has 0 aliphatic heterocycles. The summed E-state index contributed by atoms with van der Waals surface area (Å²) in [6, 6.07) is 5.53. The first kappa shape index (κ1) is 10.9. The highest BCUT2D eigenvalue weighted by Crippen LogP contribution is 2.29. The summed E-state index contributed by atoms with van der Waals surface area (Å²) in [6.07, 6.45) is 0. The molecule has 0 heterocycles. The van der Waals surface area contributed by atoms with Gasteiger partial charge in [-0.15, -0.1) is 0 Å². The summed E-state index contributed by atoms with van der Waals surface area (Å²) in [5.41, 5.74) is 1.44. The van der Waals surface area contributed by atoms with Crippen LogP contribution >= 0.6 is 15.9 Å². The number of hydrogen-bond acceptors (Lipinski definition) is 3. The fourth-order valence-corrected chi connectivity index (χ4v) is 1.59. The summed E-state index contributed by atoms with van der Waals surface area (Å²) < 4.78 is 10.2. The molecule has 0 fully saturated rings. The van der Waals surface area contributed by atoms with Gasteiger partial charge in [0.25, 0.3) is 0 Å². The number of halogens is 1. The average Bonchev–Trinajstić information content (AvgIpc) is 2.26. The number of nitriles is 1. The Hall–Kier alpha value is -1.21. The molecule has 1 rings (SSSR count). The highest BCUT2D eigenvalue weighted by Gasteiger charge is 2.09. The van der Waals surface area contributed by atoms with E-state index < -0.39 is 0 Å². The lowest BCUT2D eigenvalue weighted by Crippen LogP contribution is -1.94. The normalized spacial score (nSPS) is 9.29. The van der Waals surface area contributed by atoms with E-state index in [-0.39, 0.29) is 0 Å². The molecule has 0 aliphatic carbocycles. The van der Waals surface area contributed by atoms with Crippen molar-refractivity contribution >= 4 is 15.9 Å². The van der Waals surface area contributed by atoms with Crippen LogP contribution in [0.15, 0.2) is 12.1 Å². The number of nitrogens with zero attached hydrogens (tertiary/aromatic N) is 1. The molecule has 14 heavy (non-hydrogen) atoms. The Morgan fingerprint density at radius 1 is 1.29 bits per heavy atom. The number of ether oxygens (including phenoxy) is 2. The van der Waals surface area contributed by atoms with Crippen LogP contribution in [0.4, 0.5) is 0 Å². The molecule has 0 radical (unpaired) electrons. The molecule has 1 aromatic rings. The summed E-state index contributed by atoms with van der Waals surface area (Å²) in [7, 11) is 3.12. The van der Waals surface area contributed by atoms with Gasteiger partial charge in [0.05, 0.1) is 19.8 Å². The maximum atomic E-state index is 8.84. The van der Waals surface area contributed by atoms with E-state index in [1.807, 2.05) is 0 Å². The monoisotopic (exact) mass is 255 g/mol. The minimum absolute atomic E-state index is 0.481. The molecule has 4 heteroatoms. The first-order chi connectivity index (χ1) is 6.76. The Morgan fingerprint density at radius 3 is 2.36 bits per heavy atom. The van der Waals surface area contributed by atoms with Gasteiger partial charge in [-0.1, -0.05) is 15.9 Å². The molecule has 0 atom stereocenters. The predicted octanol–water partition coefficient (Wildman–Crippen LogP) is 2.47. The second-order valence-electron chi connectivity index (χ2n) is 2.61. The lowest BCUT2D eigenvalue weighted by molar-refractivity contribution is 0.399. The topological polar surface area (TPSA) is 42.2 Å². The van der Waals surface area contributed by atoms with Crippen LogP contribution in [0.1, 0.15) is 11.1 Å². The van der Waals surface area contributed by atoms with Crippen LogP contribution in [0.25, 0.3) is 0 Å². The number of rotatable bonds is 3. The van der Waals surface area contributed by atoms with Gasteiger partial charge in [0.15, 0.2) is 0 Å². The zero-order valence-corrected chi connectivity index (χ0v) is 9.59. The van der Waals surface area contributed by atoms with Crippen LogP contribution in [-0.4, -0.2) is 14.2 Å². The maximum Gasteiger partial charge on any atom is 0.137 e. The Bertz CT molecular complexity index is 371. The molecule has 0 amide bonds. The van der Waals surface area contributed by atoms with Crippen LogP contribution in [0.3, 0.4) is 0 Å². The van der Waals surface area contributed by atoms with E-state index in [4.69, 9.17) is 14.7 Å². The Kier molecular flexibility index (Phi) is 3.78. The molecule has 0 N–H and O–H groups in total. The molecule has 74 valence electrons. The first-order valence-electron chi connectivity index (χ1n) is 3.97. The molecule has 0 aromatic heterocycles. The van der Waals surface area contributed by atoms with Crippen molar-refractivity contribution in [3.8, 4) is 17.6 Å². The third kappa shape index (κ3) is 1.99. The first-order valence-corrected chi connectivity index (χ1v) is 5.10. The second kappa shape index (κ2) is 4.87. The van der Waals surface area contributed by atoms with Gasteiger partial charge in [0.1, 0.15) is 17.6 Å². The fraction of sp³-hybridized carbons (Fsp3) is 0.300. The third-order valence-electron chi connectivity index (χ3n) is 1.87. The van der Waals surface area contributed by atoms with Gasteiger partial charge in [0.2, 0.25) is 0 Å². The van der Waals surface area contributed by atoms with E-state index >= 15 is 0 Å². The Balaban J connectivity index is 3.30. The van der Waals surface area contributed by atoms with Crippen molar-refractivity contribution in [1.82, 2.24) is 0 Å². The Morgan fingerprint density at radius 2 is 1.93 bits per heavy atom. The van der Waals surface area contributed by atoms with Crippen molar-refractivity contribution < 1.29 is 9.47 Å². The Labute approximate surface area is 91.4 Å². The van der Waals surface area contributed by atoms with E-state index in [1.165, 1.54) is 0 Å². The zero-order valence-electron chi connectivity index (χ0n) is 8.00. The third-order valence-corrected chi connectivity index (χ3v) is 2.47. The van der Waals surface area contributed by atoms with Crippen molar-refractivity contribution in [1.29, 1.82) is 5.26 Å². The van der Waals surface area contributed by atoms with Crippen molar-refractivity contribution in [2.45, 2.75) is 5.33 Å². The predicted molar refractivity (Wildman–Crippen MR) is 56.9 cm³/mol. The van der Waals surface area contributed by atoms with E-state index in [2.05, 4.69) is 22.0 Å². The quantitative estimate of drug-likeness (QED) is 0.780. The van der Waals surface area contributed by atoms with E-state index in [0.717, 1.165) is 5.56 Å². The minimum Gasteiger partial charge on any atom is -0.496 e. The molecule has 0 aliphatic rings. The minimum atomic E-state index is 0.481. The van der Waals surface area contributed by atoms with Gasteiger partial charge in [-0.25, -0.2) is 0 Å². The van der Waals surface area contributed by atoms with Crippen LogP contribution in [-0.2, 0) is 5.33 Å². The smallest absolute Gasteiger partial charge is 0.137 e. The lowest BCUT2D eigenvalue weighted by atomic mass is 10.1. The second-order valence-corrected chi connectivity index (χ2v) is 3.17. The van der Waals surface area contributed by atoms with Crippen LogP contribution in [0.5, 0.6) is 11.5 Å². The van der Waals surface area contributed by atoms with E-state index in [0.29, 0.717) is 22.4 Å². The number of hydrogen-bond donors (Lipinski definition) is 0. The highest BCUT2D eigenvalue weighted by atomic mass is 79.9. The van der Waals surface area contributed by atoms with Gasteiger partial charge in [-0.2, -0.15) is 5.26 Å². The molecule has 0 spiro atoms. The molecular formula is C10H10BrNO2. The van der Waals surface area contributed by atoms with Crippen molar-refractivity contribution in [3.63, 3.8) is 0 Å². The van der Waals surface area contributed by atoms with Crippen molar-refractivity contribution in [2.24, 2.45) is 0 Å². The molecule has 0 bridgehead atoms. The summed E-state index contributed by atoms with van der Waals surface area (Å²) in [4.78, 5) is 0. The van der Waals surface area contributed by atoms with Gasteiger partial charge >= 0.3 is 0 Å². The maximum absolute atomic E-state index is 8.84. The zero-order chi connectivity index (χ0) is 10.6. The molecule has 0 unspecified atom stereocenters. The lowest BCUT2D eigenvalue weighted by Gasteiger charge is -2.09. The SMILES string of the molecule is COc1cc(CBr)c(OC)cc1C#N. The van der Waals surface area contributed by atoms with E-state index in [9.17, 15) is 0 Å². The highest BCUT2D eigenvalue weighted by molar-refractivity contribution is 9.08. The van der Waals surface area contributed by atoms with Crippen LogP contribution < -0.4 is 9.47 Å². The molecule has 0 saturated carbocycles. The fourth-order valence-electron chi connectivity index (χ4n) is 1.15. The van der Waals surface area contributed by atoms with Crippen LogP contribution in [0, 0.1) is 11.3 Å². The summed E-state index contributed by atoms with van der Waals surface area (Å²) in [5.74, 6) is 1.27.